The monoisotopic (exact) mass is 380 g/mol. The summed E-state index contributed by atoms with van der Waals surface area (Å²) in [6.45, 7) is 1.94. The fourth-order valence-corrected chi connectivity index (χ4v) is 3.38. The second kappa shape index (κ2) is 7.46. The molecule has 0 radical (unpaired) electrons. The van der Waals surface area contributed by atoms with E-state index in [1.165, 1.54) is 12.1 Å². The number of pyridine rings is 1. The van der Waals surface area contributed by atoms with E-state index in [1.54, 1.807) is 0 Å². The predicted molar refractivity (Wildman–Crippen MR) is 92.7 cm³/mol. The molecule has 0 saturated carbocycles. The van der Waals surface area contributed by atoms with Crippen molar-refractivity contribution in [2.45, 2.75) is 45.5 Å². The van der Waals surface area contributed by atoms with Gasteiger partial charge in [-0.1, -0.05) is 0 Å². The highest BCUT2D eigenvalue weighted by atomic mass is 19.4. The molecule has 0 spiro atoms. The maximum absolute atomic E-state index is 12.3. The second-order valence-corrected chi connectivity index (χ2v) is 6.48. The number of H-pyrrole nitrogens is 1. The first-order valence-electron chi connectivity index (χ1n) is 8.62. The van der Waals surface area contributed by atoms with Gasteiger partial charge in [0.1, 0.15) is 5.75 Å². The number of hydrogen-bond acceptors (Lipinski definition) is 3. The predicted octanol–water partition coefficient (Wildman–Crippen LogP) is 3.39. The van der Waals surface area contributed by atoms with E-state index in [0.717, 1.165) is 54.6 Å². The summed E-state index contributed by atoms with van der Waals surface area (Å²) in [4.78, 5) is 27.4. The van der Waals surface area contributed by atoms with Crippen LogP contribution in [-0.2, 0) is 19.4 Å². The standard InChI is InChI=1S/C19H19F3N2O3/c1-11-14-4-2-3-5-15(14)16(18(26)24-11)10-23-17(25)12-6-8-13(9-7-12)27-19(20,21)22/h6-9H,2-5,10H2,1H3,(H,23,25)(H,24,26). The van der Waals surface area contributed by atoms with Crippen molar-refractivity contribution in [1.29, 1.82) is 0 Å². The van der Waals surface area contributed by atoms with Crippen LogP contribution in [0.5, 0.6) is 5.75 Å². The maximum Gasteiger partial charge on any atom is 0.573 e. The van der Waals surface area contributed by atoms with Crippen LogP contribution in [0.15, 0.2) is 29.1 Å². The summed E-state index contributed by atoms with van der Waals surface area (Å²) in [6, 6.07) is 4.63. The lowest BCUT2D eigenvalue weighted by molar-refractivity contribution is -0.274. The average Bonchev–Trinajstić information content (AvgIpc) is 2.60. The number of carbonyl (C=O) groups excluding carboxylic acids is 1. The number of fused-ring (bicyclic) bond motifs is 1. The Morgan fingerprint density at radius 3 is 2.41 bits per heavy atom. The summed E-state index contributed by atoms with van der Waals surface area (Å²) < 4.78 is 40.3. The Kier molecular flexibility index (Phi) is 5.25. The number of aryl methyl sites for hydroxylation is 1. The molecule has 1 aromatic carbocycles. The van der Waals surface area contributed by atoms with Gasteiger partial charge in [0.2, 0.25) is 0 Å². The van der Waals surface area contributed by atoms with Crippen LogP contribution in [0, 0.1) is 6.92 Å². The minimum absolute atomic E-state index is 0.0670. The highest BCUT2D eigenvalue weighted by Crippen LogP contribution is 2.25. The molecular weight excluding hydrogens is 361 g/mol. The van der Waals surface area contributed by atoms with E-state index in [0.29, 0.717) is 5.56 Å². The fraction of sp³-hybridized carbons (Fsp3) is 0.368. The van der Waals surface area contributed by atoms with Gasteiger partial charge in [-0.25, -0.2) is 0 Å². The molecule has 2 N–H and O–H groups in total. The normalized spacial score (nSPS) is 13.8. The second-order valence-electron chi connectivity index (χ2n) is 6.48. The lowest BCUT2D eigenvalue weighted by Gasteiger charge is -2.21. The van der Waals surface area contributed by atoms with Crippen LogP contribution in [0.3, 0.4) is 0 Å². The maximum atomic E-state index is 12.3. The van der Waals surface area contributed by atoms with Crippen LogP contribution in [0.1, 0.15) is 45.6 Å². The van der Waals surface area contributed by atoms with E-state index < -0.39 is 18.0 Å². The van der Waals surface area contributed by atoms with Crippen molar-refractivity contribution in [3.63, 3.8) is 0 Å². The Labute approximate surface area is 153 Å². The number of nitrogens with one attached hydrogen (secondary N) is 2. The van der Waals surface area contributed by atoms with Crippen molar-refractivity contribution in [2.75, 3.05) is 0 Å². The van der Waals surface area contributed by atoms with Crippen LogP contribution >= 0.6 is 0 Å². The van der Waals surface area contributed by atoms with Crippen LogP contribution in [0.2, 0.25) is 0 Å². The molecule has 1 aromatic heterocycles. The number of halogens is 3. The topological polar surface area (TPSA) is 71.2 Å². The van der Waals surface area contributed by atoms with Gasteiger partial charge in [0, 0.05) is 23.4 Å². The number of rotatable bonds is 4. The van der Waals surface area contributed by atoms with E-state index in [1.807, 2.05) is 6.92 Å². The van der Waals surface area contributed by atoms with Gasteiger partial charge in [0.05, 0.1) is 0 Å². The fourth-order valence-electron chi connectivity index (χ4n) is 3.38. The van der Waals surface area contributed by atoms with Crippen LogP contribution in [-0.4, -0.2) is 17.3 Å². The van der Waals surface area contributed by atoms with E-state index in [4.69, 9.17) is 0 Å². The molecule has 2 aromatic rings. The lowest BCUT2D eigenvalue weighted by Crippen LogP contribution is -2.30. The molecule has 8 heteroatoms. The number of benzene rings is 1. The minimum atomic E-state index is -4.78. The molecule has 0 aliphatic heterocycles. The quantitative estimate of drug-likeness (QED) is 0.854. The third kappa shape index (κ3) is 4.50. The number of aromatic amines is 1. The van der Waals surface area contributed by atoms with Crippen molar-refractivity contribution in [3.8, 4) is 5.75 Å². The SMILES string of the molecule is Cc1[nH]c(=O)c(CNC(=O)c2ccc(OC(F)(F)F)cc2)c2c1CCCC2. The number of alkyl halides is 3. The molecule has 0 atom stereocenters. The summed E-state index contributed by atoms with van der Waals surface area (Å²) in [6.07, 6.45) is -1.01. The van der Waals surface area contributed by atoms with Gasteiger partial charge >= 0.3 is 6.36 Å². The molecule has 1 aliphatic rings. The molecule has 0 bridgehead atoms. The van der Waals surface area contributed by atoms with Crippen LogP contribution in [0.4, 0.5) is 13.2 Å². The molecule has 5 nitrogen and oxygen atoms in total. The van der Waals surface area contributed by atoms with Crippen molar-refractivity contribution in [3.05, 3.63) is 62.6 Å². The molecule has 3 rings (SSSR count). The molecule has 0 saturated heterocycles. The number of carbonyl (C=O) groups is 1. The third-order valence-electron chi connectivity index (χ3n) is 4.64. The summed E-state index contributed by atoms with van der Waals surface area (Å²) in [5.74, 6) is -0.874. The molecule has 1 amide bonds. The molecular formula is C19H19F3N2O3. The summed E-state index contributed by atoms with van der Waals surface area (Å²) in [7, 11) is 0. The number of amides is 1. The number of ether oxygens (including phenoxy) is 1. The van der Waals surface area contributed by atoms with Gasteiger partial charge < -0.3 is 15.0 Å². The number of aromatic nitrogens is 1. The van der Waals surface area contributed by atoms with Gasteiger partial charge in [0.25, 0.3) is 11.5 Å². The van der Waals surface area contributed by atoms with E-state index in [9.17, 15) is 22.8 Å². The van der Waals surface area contributed by atoms with Crippen molar-refractivity contribution < 1.29 is 22.7 Å². The Morgan fingerprint density at radius 2 is 1.78 bits per heavy atom. The van der Waals surface area contributed by atoms with Crippen molar-refractivity contribution in [2.24, 2.45) is 0 Å². The van der Waals surface area contributed by atoms with Crippen LogP contribution < -0.4 is 15.6 Å². The molecule has 27 heavy (non-hydrogen) atoms. The number of hydrogen-bond donors (Lipinski definition) is 2. The first-order valence-corrected chi connectivity index (χ1v) is 8.62. The van der Waals surface area contributed by atoms with Crippen LogP contribution in [0.25, 0.3) is 0 Å². The molecule has 1 aliphatic carbocycles. The Bertz CT molecular complexity index is 902. The molecule has 0 fully saturated rings. The first kappa shape index (κ1) is 19.0. The molecule has 0 unspecified atom stereocenters. The lowest BCUT2D eigenvalue weighted by atomic mass is 9.88. The van der Waals surface area contributed by atoms with Gasteiger partial charge in [-0.15, -0.1) is 13.2 Å². The summed E-state index contributed by atoms with van der Waals surface area (Å²) in [5, 5.41) is 2.67. The Hall–Kier alpha value is -2.77. The van der Waals surface area contributed by atoms with Crippen molar-refractivity contribution in [1.82, 2.24) is 10.3 Å². The Morgan fingerprint density at radius 1 is 1.15 bits per heavy atom. The van der Waals surface area contributed by atoms with Gasteiger partial charge in [-0.2, -0.15) is 0 Å². The third-order valence-corrected chi connectivity index (χ3v) is 4.64. The summed E-state index contributed by atoms with van der Waals surface area (Å²) >= 11 is 0. The molecule has 144 valence electrons. The average molecular weight is 380 g/mol. The highest BCUT2D eigenvalue weighted by molar-refractivity contribution is 5.94. The smallest absolute Gasteiger partial charge is 0.406 e. The Balaban J connectivity index is 1.72. The van der Waals surface area contributed by atoms with Crippen molar-refractivity contribution >= 4 is 5.91 Å². The largest absolute Gasteiger partial charge is 0.573 e. The highest BCUT2D eigenvalue weighted by Gasteiger charge is 2.31. The molecule has 1 heterocycles. The first-order chi connectivity index (χ1) is 12.7. The minimum Gasteiger partial charge on any atom is -0.406 e. The zero-order valence-corrected chi connectivity index (χ0v) is 14.7. The zero-order chi connectivity index (χ0) is 19.6. The summed E-state index contributed by atoms with van der Waals surface area (Å²) in [5.41, 5.74) is 3.51. The zero-order valence-electron chi connectivity index (χ0n) is 14.7. The van der Waals surface area contributed by atoms with Gasteiger partial charge in [-0.05, 0) is 68.0 Å². The van der Waals surface area contributed by atoms with E-state index >= 15 is 0 Å². The van der Waals surface area contributed by atoms with E-state index in [2.05, 4.69) is 15.0 Å². The van der Waals surface area contributed by atoms with Gasteiger partial charge in [0.15, 0.2) is 0 Å². The van der Waals surface area contributed by atoms with E-state index in [-0.39, 0.29) is 17.7 Å². The van der Waals surface area contributed by atoms with Gasteiger partial charge in [-0.3, -0.25) is 9.59 Å².